The van der Waals surface area contributed by atoms with E-state index in [-0.39, 0.29) is 17.7 Å². The van der Waals surface area contributed by atoms with Crippen molar-refractivity contribution in [3.05, 3.63) is 71.4 Å². The smallest absolute Gasteiger partial charge is 0.411 e. The van der Waals surface area contributed by atoms with E-state index < -0.39 is 17.7 Å². The summed E-state index contributed by atoms with van der Waals surface area (Å²) in [5.41, 5.74) is 8.10. The second kappa shape index (κ2) is 10.6. The van der Waals surface area contributed by atoms with Gasteiger partial charge in [-0.15, -0.1) is 0 Å². The van der Waals surface area contributed by atoms with Crippen LogP contribution in [0, 0.1) is 5.92 Å². The Morgan fingerprint density at radius 2 is 1.90 bits per heavy atom. The molecule has 2 aliphatic rings. The van der Waals surface area contributed by atoms with Gasteiger partial charge >= 0.3 is 6.09 Å². The molecule has 2 aromatic carbocycles. The molecule has 204 valence electrons. The molecule has 1 aromatic heterocycles. The third-order valence-corrected chi connectivity index (χ3v) is 7.34. The lowest BCUT2D eigenvalue weighted by molar-refractivity contribution is -0.137. The van der Waals surface area contributed by atoms with Crippen molar-refractivity contribution in [3.63, 3.8) is 0 Å². The number of nitrogens with one attached hydrogen (secondary N) is 1. The molecule has 3 aromatic rings. The zero-order valence-corrected chi connectivity index (χ0v) is 22.6. The highest BCUT2D eigenvalue weighted by Gasteiger charge is 2.42. The van der Waals surface area contributed by atoms with Crippen molar-refractivity contribution in [2.75, 3.05) is 25.4 Å². The lowest BCUT2D eigenvalue weighted by Gasteiger charge is -2.38. The van der Waals surface area contributed by atoms with E-state index in [0.29, 0.717) is 44.8 Å². The number of hydrogen-bond acceptors (Lipinski definition) is 6. The maximum Gasteiger partial charge on any atom is 0.411 e. The Labute approximate surface area is 228 Å². The van der Waals surface area contributed by atoms with E-state index in [1.165, 1.54) is 4.90 Å². The van der Waals surface area contributed by atoms with Crippen molar-refractivity contribution in [3.8, 4) is 0 Å². The first-order valence-electron chi connectivity index (χ1n) is 13.4. The number of nitrogens with two attached hydrogens (primary N) is 1. The Balaban J connectivity index is 1.26. The van der Waals surface area contributed by atoms with Crippen LogP contribution in [-0.4, -0.2) is 57.9 Å². The van der Waals surface area contributed by atoms with Crippen LogP contribution in [-0.2, 0) is 27.3 Å². The van der Waals surface area contributed by atoms with Crippen LogP contribution in [0.2, 0.25) is 0 Å². The fraction of sp³-hybridized carbons (Fsp3) is 0.400. The number of hydrogen-bond donors (Lipinski definition) is 2. The van der Waals surface area contributed by atoms with Gasteiger partial charge in [0.2, 0.25) is 11.8 Å². The quantitative estimate of drug-likeness (QED) is 0.531. The summed E-state index contributed by atoms with van der Waals surface area (Å²) in [6.07, 6.45) is 2.39. The first-order valence-corrected chi connectivity index (χ1v) is 13.4. The predicted molar refractivity (Wildman–Crippen MR) is 149 cm³/mol. The Bertz CT molecular complexity index is 1420. The normalized spacial score (nSPS) is 19.1. The third kappa shape index (κ3) is 5.67. The first-order chi connectivity index (χ1) is 18.6. The van der Waals surface area contributed by atoms with Gasteiger partial charge in [0, 0.05) is 37.8 Å². The molecule has 0 spiro atoms. The van der Waals surface area contributed by atoms with Crippen molar-refractivity contribution >= 4 is 34.5 Å². The summed E-state index contributed by atoms with van der Waals surface area (Å²) >= 11 is 0. The van der Waals surface area contributed by atoms with Crippen molar-refractivity contribution in [2.24, 2.45) is 5.92 Å². The summed E-state index contributed by atoms with van der Waals surface area (Å²) in [4.78, 5) is 47.4. The van der Waals surface area contributed by atoms with E-state index in [0.717, 1.165) is 27.5 Å². The Morgan fingerprint density at radius 1 is 1.10 bits per heavy atom. The lowest BCUT2D eigenvalue weighted by atomic mass is 9.92. The van der Waals surface area contributed by atoms with Gasteiger partial charge in [-0.05, 0) is 67.8 Å². The van der Waals surface area contributed by atoms with Crippen molar-refractivity contribution in [2.45, 2.75) is 51.8 Å². The van der Waals surface area contributed by atoms with Crippen molar-refractivity contribution in [1.82, 2.24) is 20.1 Å². The summed E-state index contributed by atoms with van der Waals surface area (Å²) in [7, 11) is 0. The molecule has 39 heavy (non-hydrogen) atoms. The summed E-state index contributed by atoms with van der Waals surface area (Å²) in [6.45, 7) is 6.98. The molecule has 0 saturated carbocycles. The van der Waals surface area contributed by atoms with Crippen LogP contribution in [0.3, 0.4) is 0 Å². The number of likely N-dealkylation sites (tertiary alicyclic amines) is 1. The molecular formula is C30H35N5O4. The summed E-state index contributed by atoms with van der Waals surface area (Å²) < 4.78 is 5.64. The lowest BCUT2D eigenvalue weighted by Crippen LogP contribution is -2.49. The average molecular weight is 530 g/mol. The zero-order valence-electron chi connectivity index (χ0n) is 22.6. The minimum Gasteiger partial charge on any atom is -0.444 e. The van der Waals surface area contributed by atoms with Crippen molar-refractivity contribution in [1.29, 1.82) is 0 Å². The van der Waals surface area contributed by atoms with Gasteiger partial charge in [-0.25, -0.2) is 9.78 Å². The fourth-order valence-corrected chi connectivity index (χ4v) is 5.39. The fourth-order valence-electron chi connectivity index (χ4n) is 5.39. The van der Waals surface area contributed by atoms with Gasteiger partial charge in [-0.3, -0.25) is 14.5 Å². The molecule has 0 bridgehead atoms. The van der Waals surface area contributed by atoms with Crippen LogP contribution in [0.1, 0.15) is 49.9 Å². The maximum absolute atomic E-state index is 13.9. The molecule has 1 fully saturated rings. The molecule has 1 saturated heterocycles. The van der Waals surface area contributed by atoms with E-state index in [1.807, 2.05) is 69.3 Å². The van der Waals surface area contributed by atoms with Crippen LogP contribution in [0.25, 0.3) is 10.8 Å². The highest BCUT2D eigenvalue weighted by atomic mass is 16.6. The molecule has 1 unspecified atom stereocenters. The maximum atomic E-state index is 13.9. The summed E-state index contributed by atoms with van der Waals surface area (Å²) in [5, 5.41) is 4.86. The van der Waals surface area contributed by atoms with Crippen LogP contribution in [0.15, 0.2) is 54.7 Å². The minimum absolute atomic E-state index is 0.0901. The molecule has 9 nitrogen and oxygen atoms in total. The number of carbonyl (C=O) groups excluding carboxylic acids is 3. The van der Waals surface area contributed by atoms with Crippen LogP contribution < -0.4 is 11.1 Å². The highest BCUT2D eigenvalue weighted by Crippen LogP contribution is 2.34. The molecular weight excluding hydrogens is 494 g/mol. The molecule has 0 radical (unpaired) electrons. The van der Waals surface area contributed by atoms with Crippen LogP contribution >= 0.6 is 0 Å². The van der Waals surface area contributed by atoms with Crippen LogP contribution in [0.4, 0.5) is 10.6 Å². The number of aromatic nitrogens is 1. The van der Waals surface area contributed by atoms with Gasteiger partial charge in [0.25, 0.3) is 0 Å². The molecule has 0 aliphatic carbocycles. The average Bonchev–Trinajstić information content (AvgIpc) is 3.40. The van der Waals surface area contributed by atoms with E-state index >= 15 is 0 Å². The minimum atomic E-state index is -0.772. The Morgan fingerprint density at radius 3 is 2.69 bits per heavy atom. The SMILES string of the molecule is CC(C)(C)OC(=O)N1CCc2ccccc2C1C(=O)N1CC[C@@H](C(=O)NCc2ccc3c(N)nccc3c2)C1. The number of carbonyl (C=O) groups is 3. The van der Waals surface area contributed by atoms with Gasteiger partial charge in [0.1, 0.15) is 17.5 Å². The highest BCUT2D eigenvalue weighted by molar-refractivity contribution is 5.91. The largest absolute Gasteiger partial charge is 0.444 e. The van der Waals surface area contributed by atoms with Gasteiger partial charge in [0.05, 0.1) is 5.92 Å². The number of benzene rings is 2. The number of fused-ring (bicyclic) bond motifs is 2. The monoisotopic (exact) mass is 529 g/mol. The van der Waals surface area contributed by atoms with E-state index in [1.54, 1.807) is 11.1 Å². The predicted octanol–water partition coefficient (Wildman–Crippen LogP) is 3.82. The number of anilines is 1. The van der Waals surface area contributed by atoms with Gasteiger partial charge < -0.3 is 20.7 Å². The number of amides is 3. The second-order valence-electron chi connectivity index (χ2n) is 11.3. The molecule has 3 N–H and O–H groups in total. The number of rotatable bonds is 4. The second-order valence-corrected chi connectivity index (χ2v) is 11.3. The number of ether oxygens (including phenoxy) is 1. The van der Waals surface area contributed by atoms with Crippen LogP contribution in [0.5, 0.6) is 0 Å². The molecule has 2 atom stereocenters. The topological polar surface area (TPSA) is 118 Å². The third-order valence-electron chi connectivity index (χ3n) is 7.34. The van der Waals surface area contributed by atoms with Gasteiger partial charge in [-0.1, -0.05) is 36.4 Å². The Hall–Kier alpha value is -4.14. The standard InChI is InChI=1S/C30H35N5O4/c1-30(2,3)39-29(38)35-15-12-20-6-4-5-7-23(20)25(35)28(37)34-14-11-22(18-34)27(36)33-17-19-8-9-24-21(16-19)10-13-32-26(24)31/h4-10,13,16,22,25H,11-12,14-15,17-18H2,1-3H3,(H2,31,32)(H,33,36)/t22-,25?/m1/s1. The van der Waals surface area contributed by atoms with Gasteiger partial charge in [0.15, 0.2) is 0 Å². The Kier molecular flexibility index (Phi) is 7.16. The zero-order chi connectivity index (χ0) is 27.7. The molecule has 2 aliphatic heterocycles. The first kappa shape index (κ1) is 26.5. The molecule has 9 heteroatoms. The molecule has 5 rings (SSSR count). The van der Waals surface area contributed by atoms with Crippen molar-refractivity contribution < 1.29 is 19.1 Å². The summed E-state index contributed by atoms with van der Waals surface area (Å²) in [6, 6.07) is 14.7. The number of nitrogen functional groups attached to an aromatic ring is 1. The van der Waals surface area contributed by atoms with E-state index in [4.69, 9.17) is 10.5 Å². The van der Waals surface area contributed by atoms with E-state index in [9.17, 15) is 14.4 Å². The number of nitrogens with zero attached hydrogens (tertiary/aromatic N) is 3. The van der Waals surface area contributed by atoms with Gasteiger partial charge in [-0.2, -0.15) is 0 Å². The number of pyridine rings is 1. The summed E-state index contributed by atoms with van der Waals surface area (Å²) in [5.74, 6) is -0.107. The van der Waals surface area contributed by atoms with E-state index in [2.05, 4.69) is 10.3 Å². The molecule has 3 amide bonds. The molecule has 3 heterocycles.